The molecule has 1 fully saturated rings. The Morgan fingerprint density at radius 2 is 1.75 bits per heavy atom. The Morgan fingerprint density at radius 1 is 0.964 bits per heavy atom. The molecule has 0 aliphatic heterocycles. The summed E-state index contributed by atoms with van der Waals surface area (Å²) in [4.78, 5) is 0. The molecule has 0 bridgehead atoms. The van der Waals surface area contributed by atoms with Gasteiger partial charge < -0.3 is 4.42 Å². The summed E-state index contributed by atoms with van der Waals surface area (Å²) in [6, 6.07) is 18.0. The van der Waals surface area contributed by atoms with Gasteiger partial charge in [-0.05, 0) is 53.0 Å². The van der Waals surface area contributed by atoms with Gasteiger partial charge in [0.1, 0.15) is 5.82 Å². The molecule has 0 amide bonds. The highest BCUT2D eigenvalue weighted by molar-refractivity contribution is 9.10. The maximum absolute atomic E-state index is 5.85. The zero-order chi connectivity index (χ0) is 18.9. The van der Waals surface area contributed by atoms with Gasteiger partial charge in [0.25, 0.3) is 0 Å². The number of aromatic nitrogens is 5. The van der Waals surface area contributed by atoms with Crippen molar-refractivity contribution in [2.45, 2.75) is 29.7 Å². The van der Waals surface area contributed by atoms with Gasteiger partial charge in [-0.1, -0.05) is 42.1 Å². The van der Waals surface area contributed by atoms with E-state index in [1.54, 1.807) is 11.8 Å². The normalized spacial score (nSPS) is 13.8. The number of nitrogens with zero attached hydrogens (tertiary/aromatic N) is 5. The summed E-state index contributed by atoms with van der Waals surface area (Å²) in [5, 5.41) is 18.1. The summed E-state index contributed by atoms with van der Waals surface area (Å²) in [7, 11) is 0. The molecule has 140 valence electrons. The minimum atomic E-state index is 0.506. The molecule has 1 aliphatic carbocycles. The van der Waals surface area contributed by atoms with Gasteiger partial charge >= 0.3 is 0 Å². The predicted octanol–water partition coefficient (Wildman–Crippen LogP) is 5.25. The topological polar surface area (TPSA) is 69.6 Å². The molecule has 8 heteroatoms. The van der Waals surface area contributed by atoms with Crippen LogP contribution in [-0.4, -0.2) is 25.0 Å². The number of hydrogen-bond acceptors (Lipinski definition) is 6. The summed E-state index contributed by atoms with van der Waals surface area (Å²) >= 11 is 5.08. The minimum Gasteiger partial charge on any atom is -0.420 e. The first kappa shape index (κ1) is 17.6. The van der Waals surface area contributed by atoms with Crippen LogP contribution in [0.4, 0.5) is 0 Å². The maximum atomic E-state index is 5.85. The van der Waals surface area contributed by atoms with Gasteiger partial charge in [0, 0.05) is 16.1 Å². The second kappa shape index (κ2) is 7.52. The number of halogens is 1. The van der Waals surface area contributed by atoms with Gasteiger partial charge in [-0.25, -0.2) is 0 Å². The van der Waals surface area contributed by atoms with Crippen LogP contribution in [0.3, 0.4) is 0 Å². The van der Waals surface area contributed by atoms with Crippen LogP contribution >= 0.6 is 27.7 Å². The van der Waals surface area contributed by atoms with Crippen molar-refractivity contribution in [2.24, 2.45) is 0 Å². The Kier molecular flexibility index (Phi) is 4.74. The van der Waals surface area contributed by atoms with Crippen molar-refractivity contribution in [3.05, 3.63) is 70.8 Å². The molecule has 2 aromatic heterocycles. The minimum absolute atomic E-state index is 0.506. The number of hydrogen-bond donors (Lipinski definition) is 0. The van der Waals surface area contributed by atoms with Crippen LogP contribution in [0.5, 0.6) is 0 Å². The van der Waals surface area contributed by atoms with E-state index in [4.69, 9.17) is 4.42 Å². The van der Waals surface area contributed by atoms with Crippen molar-refractivity contribution in [1.29, 1.82) is 0 Å². The van der Waals surface area contributed by atoms with Crippen LogP contribution in [0.1, 0.15) is 30.5 Å². The zero-order valence-electron chi connectivity index (χ0n) is 14.8. The lowest BCUT2D eigenvalue weighted by atomic mass is 10.2. The van der Waals surface area contributed by atoms with Gasteiger partial charge in [0.15, 0.2) is 5.16 Å². The van der Waals surface area contributed by atoms with Gasteiger partial charge in [0.2, 0.25) is 11.8 Å². The van der Waals surface area contributed by atoms with E-state index in [9.17, 15) is 0 Å². The Labute approximate surface area is 174 Å². The largest absolute Gasteiger partial charge is 0.420 e. The fraction of sp³-hybridized carbons (Fsp3) is 0.200. The molecule has 0 saturated heterocycles. The molecule has 1 saturated carbocycles. The third-order valence-corrected chi connectivity index (χ3v) is 6.12. The SMILES string of the molecule is Brc1ccccc1-c1nnc(CSc2nnc(C3CC3)n2-c2ccccc2)o1. The fourth-order valence-corrected chi connectivity index (χ4v) is 4.23. The van der Waals surface area contributed by atoms with Crippen molar-refractivity contribution in [2.75, 3.05) is 0 Å². The van der Waals surface area contributed by atoms with E-state index in [1.807, 2.05) is 42.5 Å². The quantitative estimate of drug-likeness (QED) is 0.371. The van der Waals surface area contributed by atoms with Gasteiger partial charge in [-0.15, -0.1) is 20.4 Å². The molecular formula is C20H16BrN5OS. The standard InChI is InChI=1S/C20H16BrN5OS/c21-16-9-5-4-8-15(16)19-24-22-17(27-19)12-28-20-25-23-18(13-10-11-13)26(20)14-6-2-1-3-7-14/h1-9,13H,10-12H2. The van der Waals surface area contributed by atoms with Crippen molar-refractivity contribution in [3.63, 3.8) is 0 Å². The lowest BCUT2D eigenvalue weighted by molar-refractivity contribution is 0.528. The maximum Gasteiger partial charge on any atom is 0.248 e. The molecule has 4 aromatic rings. The Hall–Kier alpha value is -2.45. The molecular weight excluding hydrogens is 438 g/mol. The molecule has 1 aliphatic rings. The van der Waals surface area contributed by atoms with Crippen LogP contribution in [-0.2, 0) is 5.75 Å². The first-order chi connectivity index (χ1) is 13.8. The fourth-order valence-electron chi connectivity index (χ4n) is 2.98. The summed E-state index contributed by atoms with van der Waals surface area (Å²) in [5.41, 5.74) is 1.96. The summed E-state index contributed by atoms with van der Waals surface area (Å²) in [5.74, 6) is 3.14. The number of para-hydroxylation sites is 1. The second-order valence-electron chi connectivity index (χ2n) is 6.56. The van der Waals surface area contributed by atoms with E-state index in [0.29, 0.717) is 23.5 Å². The van der Waals surface area contributed by atoms with Crippen LogP contribution in [0, 0.1) is 0 Å². The van der Waals surface area contributed by atoms with Crippen molar-refractivity contribution in [1.82, 2.24) is 25.0 Å². The van der Waals surface area contributed by atoms with Crippen LogP contribution in [0.25, 0.3) is 17.1 Å². The monoisotopic (exact) mass is 453 g/mol. The molecule has 0 radical (unpaired) electrons. The lowest BCUT2D eigenvalue weighted by Crippen LogP contribution is -2.01. The summed E-state index contributed by atoms with van der Waals surface area (Å²) < 4.78 is 8.93. The first-order valence-electron chi connectivity index (χ1n) is 9.00. The number of thioether (sulfide) groups is 1. The van der Waals surface area contributed by atoms with Crippen molar-refractivity contribution in [3.8, 4) is 17.1 Å². The predicted molar refractivity (Wildman–Crippen MR) is 110 cm³/mol. The molecule has 2 heterocycles. The van der Waals surface area contributed by atoms with Crippen molar-refractivity contribution >= 4 is 27.7 Å². The highest BCUT2D eigenvalue weighted by atomic mass is 79.9. The molecule has 0 N–H and O–H groups in total. The van der Waals surface area contributed by atoms with Crippen molar-refractivity contribution < 1.29 is 4.42 Å². The van der Waals surface area contributed by atoms with Gasteiger partial charge in [-0.2, -0.15) is 0 Å². The van der Waals surface area contributed by atoms with Gasteiger partial charge in [-0.3, -0.25) is 4.57 Å². The third kappa shape index (κ3) is 3.49. The highest BCUT2D eigenvalue weighted by Crippen LogP contribution is 2.41. The third-order valence-electron chi connectivity index (χ3n) is 4.51. The Morgan fingerprint density at radius 3 is 2.54 bits per heavy atom. The van der Waals surface area contributed by atoms with Crippen LogP contribution < -0.4 is 0 Å². The van der Waals surface area contributed by atoms with Gasteiger partial charge in [0.05, 0.1) is 11.3 Å². The Bertz CT molecular complexity index is 1110. The van der Waals surface area contributed by atoms with E-state index >= 15 is 0 Å². The van der Waals surface area contributed by atoms with E-state index < -0.39 is 0 Å². The molecule has 2 aromatic carbocycles. The second-order valence-corrected chi connectivity index (χ2v) is 8.35. The van der Waals surface area contributed by atoms with Crippen LogP contribution in [0.15, 0.2) is 68.6 Å². The molecule has 6 nitrogen and oxygen atoms in total. The zero-order valence-corrected chi connectivity index (χ0v) is 17.2. The van der Waals surface area contributed by atoms with E-state index in [-0.39, 0.29) is 0 Å². The van der Waals surface area contributed by atoms with E-state index in [1.165, 1.54) is 12.8 Å². The smallest absolute Gasteiger partial charge is 0.248 e. The van der Waals surface area contributed by atoms with Crippen LogP contribution in [0.2, 0.25) is 0 Å². The molecule has 5 rings (SSSR count). The average molecular weight is 454 g/mol. The summed E-state index contributed by atoms with van der Waals surface area (Å²) in [6.07, 6.45) is 2.35. The average Bonchev–Trinajstić information content (AvgIpc) is 3.31. The first-order valence-corrected chi connectivity index (χ1v) is 10.8. The molecule has 0 spiro atoms. The highest BCUT2D eigenvalue weighted by Gasteiger charge is 2.31. The molecule has 0 atom stereocenters. The summed E-state index contributed by atoms with van der Waals surface area (Å²) in [6.45, 7) is 0. The molecule has 28 heavy (non-hydrogen) atoms. The number of rotatable bonds is 6. The number of benzene rings is 2. The van der Waals surface area contributed by atoms with E-state index in [0.717, 1.165) is 26.7 Å². The van der Waals surface area contributed by atoms with E-state index in [2.05, 4.69) is 53.0 Å². The Balaban J connectivity index is 1.39. The molecule has 0 unspecified atom stereocenters. The lowest BCUT2D eigenvalue weighted by Gasteiger charge is -2.08.